The van der Waals surface area contributed by atoms with E-state index in [-0.39, 0.29) is 12.8 Å². The average Bonchev–Trinajstić information content (AvgIpc) is 3.21. The Morgan fingerprint density at radius 3 is 1.12 bits per heavy atom. The van der Waals surface area contributed by atoms with Crippen LogP contribution in [0, 0.1) is 0 Å². The van der Waals surface area contributed by atoms with Crippen molar-refractivity contribution < 1.29 is 47.8 Å². The van der Waals surface area contributed by atoms with Gasteiger partial charge in [-0.2, -0.15) is 0 Å². The zero-order chi connectivity index (χ0) is 43.5. The Balaban J connectivity index is 3.81. The first-order valence-electron chi connectivity index (χ1n) is 24.6. The number of aliphatic hydroxyl groups excluding tert-OH is 1. The molecular weight excluding hydrogens is 769 g/mol. The Labute approximate surface area is 361 Å². The van der Waals surface area contributed by atoms with Crippen LogP contribution in [-0.2, 0) is 32.7 Å². The molecule has 0 saturated carbocycles. The third kappa shape index (κ3) is 42.9. The summed E-state index contributed by atoms with van der Waals surface area (Å²) in [5.74, 6) is -2.35. The second kappa shape index (κ2) is 43.1. The van der Waals surface area contributed by atoms with Gasteiger partial charge in [-0.25, -0.2) is 9.36 Å². The number of aliphatic hydroxyl groups is 1. The smallest absolute Gasteiger partial charge is 0.472 e. The fourth-order valence-corrected chi connectivity index (χ4v) is 8.09. The number of rotatable bonds is 47. The van der Waals surface area contributed by atoms with Crippen molar-refractivity contribution in [2.24, 2.45) is 0 Å². The Kier molecular flexibility index (Phi) is 42.0. The van der Waals surface area contributed by atoms with Crippen LogP contribution in [0.25, 0.3) is 0 Å². The normalized spacial score (nSPS) is 13.6. The van der Waals surface area contributed by atoms with Gasteiger partial charge >= 0.3 is 19.8 Å². The Morgan fingerprint density at radius 2 is 0.780 bits per heavy atom. The highest BCUT2D eigenvalue weighted by Crippen LogP contribution is 2.43. The highest BCUT2D eigenvalue weighted by atomic mass is 31.2. The molecule has 4 N–H and O–H groups in total. The molecule has 12 heteroatoms. The number of ether oxygens (including phenoxy) is 1. The summed E-state index contributed by atoms with van der Waals surface area (Å²) in [6, 6.07) is -1.54. The van der Waals surface area contributed by atoms with Gasteiger partial charge in [-0.15, -0.1) is 0 Å². The molecule has 0 rings (SSSR count). The first kappa shape index (κ1) is 57.5. The number of carbonyl (C=O) groups excluding carboxylic acids is 2. The van der Waals surface area contributed by atoms with E-state index in [1.165, 1.54) is 173 Å². The molecule has 350 valence electrons. The van der Waals surface area contributed by atoms with Gasteiger partial charge in [0, 0.05) is 12.8 Å². The van der Waals surface area contributed by atoms with E-state index >= 15 is 0 Å². The molecule has 3 unspecified atom stereocenters. The third-order valence-electron chi connectivity index (χ3n) is 11.1. The summed E-state index contributed by atoms with van der Waals surface area (Å²) in [5, 5.41) is 21.9. The molecule has 0 saturated heterocycles. The fourth-order valence-electron chi connectivity index (χ4n) is 7.32. The van der Waals surface area contributed by atoms with Gasteiger partial charge in [0.15, 0.2) is 6.04 Å². The van der Waals surface area contributed by atoms with Crippen molar-refractivity contribution >= 4 is 25.7 Å². The largest absolute Gasteiger partial charge is 0.480 e. The SMILES string of the molecule is CCCCCCCCCCCCCCCCCCCCC(=O)NC(COP(=O)(O)OCC(O)COC(=O)CCCCCCCCCCCCCCCCCCC)C(=O)O. The van der Waals surface area contributed by atoms with Crippen LogP contribution in [0.3, 0.4) is 0 Å². The molecule has 0 fully saturated rings. The van der Waals surface area contributed by atoms with Crippen LogP contribution in [0.2, 0.25) is 0 Å². The second-order valence-corrected chi connectivity index (χ2v) is 18.5. The molecule has 0 aromatic rings. The number of aliphatic carboxylic acids is 1. The van der Waals surface area contributed by atoms with E-state index in [0.717, 1.165) is 38.5 Å². The molecule has 11 nitrogen and oxygen atoms in total. The van der Waals surface area contributed by atoms with Gasteiger partial charge < -0.3 is 25.2 Å². The maximum Gasteiger partial charge on any atom is 0.472 e. The minimum Gasteiger partial charge on any atom is -0.480 e. The summed E-state index contributed by atoms with van der Waals surface area (Å²) >= 11 is 0. The van der Waals surface area contributed by atoms with E-state index in [0.29, 0.717) is 12.8 Å². The van der Waals surface area contributed by atoms with E-state index < -0.39 is 57.6 Å². The predicted octanol–water partition coefficient (Wildman–Crippen LogP) is 13.1. The molecule has 0 spiro atoms. The van der Waals surface area contributed by atoms with Crippen LogP contribution in [0.5, 0.6) is 0 Å². The molecule has 0 heterocycles. The Hall–Kier alpha value is -1.52. The van der Waals surface area contributed by atoms with Crippen molar-refractivity contribution in [2.45, 2.75) is 264 Å². The number of hydrogen-bond donors (Lipinski definition) is 4. The van der Waals surface area contributed by atoms with Crippen molar-refractivity contribution in [3.8, 4) is 0 Å². The highest BCUT2D eigenvalue weighted by molar-refractivity contribution is 7.47. The fraction of sp³-hybridized carbons (Fsp3) is 0.936. The van der Waals surface area contributed by atoms with Crippen molar-refractivity contribution in [1.29, 1.82) is 0 Å². The van der Waals surface area contributed by atoms with E-state index in [4.69, 9.17) is 13.8 Å². The van der Waals surface area contributed by atoms with Crippen LogP contribution in [-0.4, -0.2) is 64.9 Å². The minimum absolute atomic E-state index is 0.153. The number of unbranched alkanes of at least 4 members (excludes halogenated alkanes) is 33. The van der Waals surface area contributed by atoms with Crippen molar-refractivity contribution in [3.05, 3.63) is 0 Å². The van der Waals surface area contributed by atoms with Gasteiger partial charge in [-0.05, 0) is 12.8 Å². The van der Waals surface area contributed by atoms with E-state index in [2.05, 4.69) is 19.2 Å². The van der Waals surface area contributed by atoms with E-state index in [1.54, 1.807) is 0 Å². The number of esters is 1. The summed E-state index contributed by atoms with van der Waals surface area (Å²) in [6.07, 6.45) is 42.6. The van der Waals surface area contributed by atoms with Gasteiger partial charge in [0.25, 0.3) is 0 Å². The molecule has 0 aromatic carbocycles. The van der Waals surface area contributed by atoms with E-state index in [1.807, 2.05) is 0 Å². The highest BCUT2D eigenvalue weighted by Gasteiger charge is 2.28. The second-order valence-electron chi connectivity index (χ2n) is 17.0. The van der Waals surface area contributed by atoms with Crippen LogP contribution < -0.4 is 5.32 Å². The van der Waals surface area contributed by atoms with Crippen LogP contribution in [0.1, 0.15) is 251 Å². The zero-order valence-corrected chi connectivity index (χ0v) is 39.0. The lowest BCUT2D eigenvalue weighted by Crippen LogP contribution is -2.43. The predicted molar refractivity (Wildman–Crippen MR) is 240 cm³/mol. The number of carboxylic acid groups (broad SMARTS) is 1. The number of amides is 1. The number of carbonyl (C=O) groups is 3. The summed E-state index contributed by atoms with van der Waals surface area (Å²) in [5.41, 5.74) is 0. The molecule has 0 radical (unpaired) electrons. The zero-order valence-electron chi connectivity index (χ0n) is 38.1. The first-order valence-corrected chi connectivity index (χ1v) is 26.1. The number of carboxylic acids is 1. The lowest BCUT2D eigenvalue weighted by Gasteiger charge is -2.18. The molecule has 1 amide bonds. The molecule has 0 aliphatic carbocycles. The monoisotopic (exact) mass is 862 g/mol. The number of hydrogen-bond acceptors (Lipinski definition) is 8. The minimum atomic E-state index is -4.75. The maximum absolute atomic E-state index is 12.3. The molecule has 3 atom stereocenters. The topological polar surface area (TPSA) is 169 Å². The molecule has 0 aliphatic rings. The van der Waals surface area contributed by atoms with Gasteiger partial charge in [0.2, 0.25) is 5.91 Å². The number of nitrogens with one attached hydrogen (secondary N) is 1. The third-order valence-corrected chi connectivity index (χ3v) is 12.1. The average molecular weight is 862 g/mol. The molecule has 0 bridgehead atoms. The van der Waals surface area contributed by atoms with Gasteiger partial charge in [0.1, 0.15) is 12.7 Å². The van der Waals surface area contributed by atoms with Gasteiger partial charge in [-0.1, -0.05) is 226 Å². The lowest BCUT2D eigenvalue weighted by molar-refractivity contribution is -0.147. The number of phosphoric acid groups is 1. The number of phosphoric ester groups is 1. The summed E-state index contributed by atoms with van der Waals surface area (Å²) < 4.78 is 26.9. The first-order chi connectivity index (χ1) is 28.6. The standard InChI is InChI=1S/C47H92NO10P/c1-3-5-7-9-11-13-15-17-19-21-23-24-26-28-30-32-34-36-38-45(50)48-44(47(52)53)42-58-59(54,55)57-41-43(49)40-56-46(51)39-37-35-33-31-29-27-25-22-20-18-16-14-12-10-8-6-4-2/h43-44,49H,3-42H2,1-2H3,(H,48,50)(H,52,53)(H,54,55). The summed E-state index contributed by atoms with van der Waals surface area (Å²) in [4.78, 5) is 46.0. The van der Waals surface area contributed by atoms with Crippen LogP contribution in [0.15, 0.2) is 0 Å². The van der Waals surface area contributed by atoms with Crippen molar-refractivity contribution in [2.75, 3.05) is 19.8 Å². The molecule has 0 aromatic heterocycles. The van der Waals surface area contributed by atoms with Crippen LogP contribution >= 0.6 is 7.82 Å². The summed E-state index contributed by atoms with van der Waals surface area (Å²) in [7, 11) is -4.75. The maximum atomic E-state index is 12.3. The summed E-state index contributed by atoms with van der Waals surface area (Å²) in [6.45, 7) is 2.65. The van der Waals surface area contributed by atoms with Crippen molar-refractivity contribution in [3.63, 3.8) is 0 Å². The quantitative estimate of drug-likeness (QED) is 0.0262. The van der Waals surface area contributed by atoms with Gasteiger partial charge in [-0.3, -0.25) is 18.6 Å². The molecular formula is C47H92NO10P. The Bertz CT molecular complexity index is 1020. The van der Waals surface area contributed by atoms with Crippen LogP contribution in [0.4, 0.5) is 0 Å². The van der Waals surface area contributed by atoms with Gasteiger partial charge in [0.05, 0.1) is 13.2 Å². The Morgan fingerprint density at radius 1 is 0.475 bits per heavy atom. The van der Waals surface area contributed by atoms with E-state index in [9.17, 15) is 34.1 Å². The lowest BCUT2D eigenvalue weighted by atomic mass is 10.0. The molecule has 59 heavy (non-hydrogen) atoms. The molecule has 0 aliphatic heterocycles. The van der Waals surface area contributed by atoms with Crippen molar-refractivity contribution in [1.82, 2.24) is 5.32 Å².